The molecule has 0 fully saturated rings. The van der Waals surface area contributed by atoms with Gasteiger partial charge in [0, 0.05) is 18.3 Å². The van der Waals surface area contributed by atoms with E-state index in [-0.39, 0.29) is 12.4 Å². The average Bonchev–Trinajstić information content (AvgIpc) is 3.22. The number of allylic oxidation sites excluding steroid dienone is 1. The Balaban J connectivity index is 1.78. The summed E-state index contributed by atoms with van der Waals surface area (Å²) in [5, 5.41) is 4.91. The molecule has 0 saturated carbocycles. The normalized spacial score (nSPS) is 11.0. The summed E-state index contributed by atoms with van der Waals surface area (Å²) in [6, 6.07) is 12.5. The van der Waals surface area contributed by atoms with Crippen molar-refractivity contribution in [2.45, 2.75) is 20.1 Å². The van der Waals surface area contributed by atoms with Crippen LogP contribution < -0.4 is 9.47 Å². The van der Waals surface area contributed by atoms with Gasteiger partial charge in [0.05, 0.1) is 12.1 Å². The lowest BCUT2D eigenvalue weighted by molar-refractivity contribution is 0.103. The quantitative estimate of drug-likeness (QED) is 0.340. The van der Waals surface area contributed by atoms with E-state index < -0.39 is 0 Å². The van der Waals surface area contributed by atoms with Gasteiger partial charge in [-0.25, -0.2) is 0 Å². The van der Waals surface area contributed by atoms with Crippen LogP contribution in [0.4, 0.5) is 0 Å². The highest BCUT2D eigenvalue weighted by Crippen LogP contribution is 2.32. The number of hydrogen-bond acceptors (Lipinski definition) is 4. The third-order valence-electron chi connectivity index (χ3n) is 4.30. The largest absolute Gasteiger partial charge is 0.496 e. The van der Waals surface area contributed by atoms with E-state index in [9.17, 15) is 4.79 Å². The zero-order valence-corrected chi connectivity index (χ0v) is 17.6. The van der Waals surface area contributed by atoms with Crippen LogP contribution in [-0.2, 0) is 13.2 Å². The molecule has 0 unspecified atom stereocenters. The Morgan fingerprint density at radius 3 is 2.76 bits per heavy atom. The molecule has 0 aliphatic rings. The maximum Gasteiger partial charge on any atom is 0.203 e. The average molecular weight is 431 g/mol. The monoisotopic (exact) mass is 430 g/mol. The van der Waals surface area contributed by atoms with Crippen molar-refractivity contribution in [3.05, 3.63) is 81.6 Å². The molecule has 150 valence electrons. The molecule has 2 aromatic carbocycles. The molecule has 0 radical (unpaired) electrons. The Hall–Kier alpha value is -2.76. The van der Waals surface area contributed by atoms with E-state index in [0.717, 1.165) is 11.1 Å². The summed E-state index contributed by atoms with van der Waals surface area (Å²) in [6.45, 7) is 2.81. The number of halogens is 2. The third-order valence-corrected chi connectivity index (χ3v) is 5.10. The van der Waals surface area contributed by atoms with Crippen LogP contribution in [0.5, 0.6) is 11.5 Å². The molecule has 0 aliphatic heterocycles. The highest BCUT2D eigenvalue weighted by atomic mass is 35.5. The third kappa shape index (κ3) is 5.00. The van der Waals surface area contributed by atoms with Crippen molar-refractivity contribution in [2.24, 2.45) is 0 Å². The Kier molecular flexibility index (Phi) is 6.96. The van der Waals surface area contributed by atoms with Crippen molar-refractivity contribution in [2.75, 3.05) is 7.11 Å². The van der Waals surface area contributed by atoms with Gasteiger partial charge in [-0.05, 0) is 48.9 Å². The second kappa shape index (κ2) is 9.63. The second-order valence-corrected chi connectivity index (χ2v) is 6.93. The van der Waals surface area contributed by atoms with Gasteiger partial charge in [0.25, 0.3) is 0 Å². The number of benzene rings is 2. The lowest BCUT2D eigenvalue weighted by atomic mass is 10.1. The maximum atomic E-state index is 12.4. The molecule has 0 aliphatic carbocycles. The van der Waals surface area contributed by atoms with Crippen LogP contribution >= 0.6 is 23.2 Å². The number of hydrogen-bond donors (Lipinski definition) is 0. The van der Waals surface area contributed by atoms with Crippen LogP contribution in [-0.4, -0.2) is 22.7 Å². The number of methoxy groups -OCH3 is 1. The second-order valence-electron chi connectivity index (χ2n) is 6.14. The van der Waals surface area contributed by atoms with Gasteiger partial charge in [0.2, 0.25) is 5.78 Å². The first-order valence-corrected chi connectivity index (χ1v) is 9.77. The zero-order chi connectivity index (χ0) is 20.8. The highest BCUT2D eigenvalue weighted by Gasteiger charge is 2.10. The van der Waals surface area contributed by atoms with Crippen molar-refractivity contribution >= 4 is 35.1 Å². The first-order chi connectivity index (χ1) is 14.0. The minimum Gasteiger partial charge on any atom is -0.496 e. The topological polar surface area (TPSA) is 53.4 Å². The Labute approximate surface area is 179 Å². The summed E-state index contributed by atoms with van der Waals surface area (Å²) in [5.41, 5.74) is 2.21. The van der Waals surface area contributed by atoms with Gasteiger partial charge in [-0.3, -0.25) is 9.48 Å². The van der Waals surface area contributed by atoms with E-state index in [1.54, 1.807) is 48.3 Å². The van der Waals surface area contributed by atoms with Crippen LogP contribution in [0, 0.1) is 0 Å². The molecule has 7 heteroatoms. The predicted molar refractivity (Wildman–Crippen MR) is 115 cm³/mol. The standard InChI is InChI=1S/C22H20Cl2N2O3/c1-3-26-18(11-12-25-26)19(27)9-7-15-8-10-20(28-2)16(13-15)14-29-21-6-4-5-17(23)22(21)24/h4-13H,3,14H2,1-2H3/b9-7+. The van der Waals surface area contributed by atoms with E-state index in [2.05, 4.69) is 5.10 Å². The summed E-state index contributed by atoms with van der Waals surface area (Å²) in [6.07, 6.45) is 4.91. The fourth-order valence-corrected chi connectivity index (χ4v) is 3.16. The molecule has 0 bridgehead atoms. The Morgan fingerprint density at radius 1 is 1.17 bits per heavy atom. The number of rotatable bonds is 8. The SMILES string of the molecule is CCn1nccc1C(=O)/C=C/c1ccc(OC)c(COc2cccc(Cl)c2Cl)c1. The maximum absolute atomic E-state index is 12.4. The van der Waals surface area contributed by atoms with Crippen LogP contribution in [0.1, 0.15) is 28.5 Å². The van der Waals surface area contributed by atoms with E-state index >= 15 is 0 Å². The fraction of sp³-hybridized carbons (Fsp3) is 0.182. The Bertz CT molecular complexity index is 1040. The summed E-state index contributed by atoms with van der Waals surface area (Å²) >= 11 is 12.2. The molecule has 0 spiro atoms. The van der Waals surface area contributed by atoms with Gasteiger partial charge in [-0.15, -0.1) is 0 Å². The van der Waals surface area contributed by atoms with Gasteiger partial charge < -0.3 is 9.47 Å². The smallest absolute Gasteiger partial charge is 0.203 e. The molecular formula is C22H20Cl2N2O3. The number of aromatic nitrogens is 2. The number of ketones is 1. The van der Waals surface area contributed by atoms with E-state index in [1.807, 2.05) is 25.1 Å². The van der Waals surface area contributed by atoms with Gasteiger partial charge in [0.1, 0.15) is 28.8 Å². The lowest BCUT2D eigenvalue weighted by Gasteiger charge is -2.12. The molecule has 3 aromatic rings. The van der Waals surface area contributed by atoms with Crippen LogP contribution in [0.15, 0.2) is 54.7 Å². The number of ether oxygens (including phenoxy) is 2. The predicted octanol–water partition coefficient (Wildman–Crippen LogP) is 5.69. The number of carbonyl (C=O) groups is 1. The summed E-state index contributed by atoms with van der Waals surface area (Å²) in [5.74, 6) is 1.06. The molecule has 1 aromatic heterocycles. The summed E-state index contributed by atoms with van der Waals surface area (Å²) in [4.78, 5) is 12.4. The first-order valence-electron chi connectivity index (χ1n) is 9.01. The fourth-order valence-electron chi connectivity index (χ4n) is 2.82. The molecule has 0 N–H and O–H groups in total. The molecule has 5 nitrogen and oxygen atoms in total. The lowest BCUT2D eigenvalue weighted by Crippen LogP contribution is -2.07. The molecule has 0 amide bonds. The van der Waals surface area contributed by atoms with Gasteiger partial charge in [0.15, 0.2) is 0 Å². The van der Waals surface area contributed by atoms with Crippen molar-refractivity contribution in [3.63, 3.8) is 0 Å². The first kappa shape index (κ1) is 21.0. The molecule has 0 atom stereocenters. The minimum atomic E-state index is -0.108. The molecule has 0 saturated heterocycles. The van der Waals surface area contributed by atoms with Crippen LogP contribution in [0.3, 0.4) is 0 Å². The van der Waals surface area contributed by atoms with Crippen LogP contribution in [0.25, 0.3) is 6.08 Å². The molecule has 29 heavy (non-hydrogen) atoms. The summed E-state index contributed by atoms with van der Waals surface area (Å²) in [7, 11) is 1.59. The summed E-state index contributed by atoms with van der Waals surface area (Å²) < 4.78 is 12.9. The van der Waals surface area contributed by atoms with Gasteiger partial charge in [-0.1, -0.05) is 41.4 Å². The van der Waals surface area contributed by atoms with E-state index in [0.29, 0.717) is 33.8 Å². The van der Waals surface area contributed by atoms with E-state index in [1.165, 1.54) is 6.08 Å². The van der Waals surface area contributed by atoms with Gasteiger partial charge >= 0.3 is 0 Å². The number of aryl methyl sites for hydroxylation is 1. The van der Waals surface area contributed by atoms with E-state index in [4.69, 9.17) is 32.7 Å². The van der Waals surface area contributed by atoms with Crippen molar-refractivity contribution < 1.29 is 14.3 Å². The minimum absolute atomic E-state index is 0.108. The molecular weight excluding hydrogens is 411 g/mol. The van der Waals surface area contributed by atoms with Crippen molar-refractivity contribution in [1.29, 1.82) is 0 Å². The van der Waals surface area contributed by atoms with Gasteiger partial charge in [-0.2, -0.15) is 5.10 Å². The molecule has 3 rings (SSSR count). The van der Waals surface area contributed by atoms with Crippen molar-refractivity contribution in [3.8, 4) is 11.5 Å². The van der Waals surface area contributed by atoms with Crippen molar-refractivity contribution in [1.82, 2.24) is 9.78 Å². The molecule has 1 heterocycles. The number of nitrogens with zero attached hydrogens (tertiary/aromatic N) is 2. The highest BCUT2D eigenvalue weighted by molar-refractivity contribution is 6.42. The Morgan fingerprint density at radius 2 is 2.00 bits per heavy atom. The van der Waals surface area contributed by atoms with Crippen LogP contribution in [0.2, 0.25) is 10.0 Å². The number of carbonyl (C=O) groups excluding carboxylic acids is 1. The zero-order valence-electron chi connectivity index (χ0n) is 16.1.